The van der Waals surface area contributed by atoms with Gasteiger partial charge < -0.3 is 4.90 Å². The largest absolute Gasteiger partial charge is 0.339 e. The van der Waals surface area contributed by atoms with Crippen LogP contribution in [-0.4, -0.2) is 28.7 Å². The molecular weight excluding hydrogens is 194 g/mol. The van der Waals surface area contributed by atoms with Crippen molar-refractivity contribution in [2.75, 3.05) is 11.9 Å². The van der Waals surface area contributed by atoms with Crippen LogP contribution in [0.4, 0.5) is 0 Å². The number of carbonyl (C=O) groups is 1. The number of halogens is 1. The second-order valence-corrected chi connectivity index (χ2v) is 3.27. The van der Waals surface area contributed by atoms with Gasteiger partial charge >= 0.3 is 0 Å². The van der Waals surface area contributed by atoms with Crippen molar-refractivity contribution < 1.29 is 4.79 Å². The molecule has 0 saturated carbocycles. The van der Waals surface area contributed by atoms with E-state index in [2.05, 4.69) is 22.9 Å². The molecule has 1 rings (SSSR count). The zero-order valence-electron chi connectivity index (χ0n) is 6.14. The van der Waals surface area contributed by atoms with Gasteiger partial charge in [0.1, 0.15) is 0 Å². The maximum atomic E-state index is 11.1. The summed E-state index contributed by atoms with van der Waals surface area (Å²) >= 11 is 3.16. The van der Waals surface area contributed by atoms with Crippen molar-refractivity contribution in [3.8, 4) is 0 Å². The van der Waals surface area contributed by atoms with Crippen LogP contribution in [0, 0.1) is 0 Å². The monoisotopic (exact) mass is 205 g/mol. The van der Waals surface area contributed by atoms with E-state index in [1.54, 1.807) is 0 Å². The fraction of sp³-hybridized carbons (Fsp3) is 0.857. The van der Waals surface area contributed by atoms with Crippen molar-refractivity contribution in [2.24, 2.45) is 0 Å². The number of amides is 1. The lowest BCUT2D eigenvalue weighted by molar-refractivity contribution is -0.128. The highest BCUT2D eigenvalue weighted by molar-refractivity contribution is 9.09. The zero-order valence-corrected chi connectivity index (χ0v) is 7.73. The van der Waals surface area contributed by atoms with Gasteiger partial charge in [-0.3, -0.25) is 4.79 Å². The summed E-state index contributed by atoms with van der Waals surface area (Å²) in [5, 5.41) is 0.470. The molecular formula is C7H12BrNO. The molecule has 2 nitrogen and oxygen atoms in total. The molecule has 1 aliphatic heterocycles. The highest BCUT2D eigenvalue weighted by Gasteiger charge is 2.23. The van der Waals surface area contributed by atoms with E-state index >= 15 is 0 Å². The molecule has 1 amide bonds. The van der Waals surface area contributed by atoms with Crippen LogP contribution in [0.2, 0.25) is 0 Å². The lowest BCUT2D eigenvalue weighted by Gasteiger charge is -2.19. The molecule has 58 valence electrons. The Bertz CT molecular complexity index is 138. The Morgan fingerprint density at radius 2 is 2.50 bits per heavy atom. The van der Waals surface area contributed by atoms with Gasteiger partial charge in [-0.05, 0) is 19.8 Å². The molecule has 0 radical (unpaired) electrons. The molecule has 10 heavy (non-hydrogen) atoms. The lowest BCUT2D eigenvalue weighted by atomic mass is 10.2. The summed E-state index contributed by atoms with van der Waals surface area (Å²) in [4.78, 5) is 13.0. The van der Waals surface area contributed by atoms with Gasteiger partial charge in [0.05, 0.1) is 5.33 Å². The maximum absolute atomic E-state index is 11.1. The van der Waals surface area contributed by atoms with Gasteiger partial charge in [-0.1, -0.05) is 15.9 Å². The van der Waals surface area contributed by atoms with E-state index in [9.17, 15) is 4.79 Å². The van der Waals surface area contributed by atoms with E-state index in [1.807, 2.05) is 4.90 Å². The van der Waals surface area contributed by atoms with Gasteiger partial charge in [0.15, 0.2) is 0 Å². The smallest absolute Gasteiger partial charge is 0.233 e. The third-order valence-corrected chi connectivity index (χ3v) is 2.47. The van der Waals surface area contributed by atoms with Crippen molar-refractivity contribution in [1.29, 1.82) is 0 Å². The fourth-order valence-electron chi connectivity index (χ4n) is 1.38. The average molecular weight is 206 g/mol. The molecule has 0 N–H and O–H groups in total. The average Bonchev–Trinajstić information content (AvgIpc) is 2.34. The quantitative estimate of drug-likeness (QED) is 0.593. The first-order chi connectivity index (χ1) is 4.75. The van der Waals surface area contributed by atoms with Crippen molar-refractivity contribution in [1.82, 2.24) is 4.90 Å². The van der Waals surface area contributed by atoms with Gasteiger partial charge in [-0.15, -0.1) is 0 Å². The number of carbonyl (C=O) groups excluding carboxylic acids is 1. The molecule has 3 heteroatoms. The van der Waals surface area contributed by atoms with Crippen molar-refractivity contribution in [3.05, 3.63) is 0 Å². The third kappa shape index (κ3) is 1.51. The Labute approximate surface area is 69.7 Å². The standard InChI is InChI=1S/C7H12BrNO/c1-6-3-2-4-9(6)7(10)5-8/h6H,2-5H2,1H3. The van der Waals surface area contributed by atoms with Crippen LogP contribution < -0.4 is 0 Å². The summed E-state index contributed by atoms with van der Waals surface area (Å²) in [6, 6.07) is 0.463. The SMILES string of the molecule is CC1CCCN1C(=O)CBr. The molecule has 1 unspecified atom stereocenters. The number of likely N-dealkylation sites (tertiary alicyclic amines) is 1. The van der Waals surface area contributed by atoms with Crippen molar-refractivity contribution in [2.45, 2.75) is 25.8 Å². The van der Waals surface area contributed by atoms with E-state index in [1.165, 1.54) is 12.8 Å². The van der Waals surface area contributed by atoms with Crippen LogP contribution in [0.1, 0.15) is 19.8 Å². The highest BCUT2D eigenvalue weighted by atomic mass is 79.9. The number of alkyl halides is 1. The molecule has 0 bridgehead atoms. The Morgan fingerprint density at radius 3 is 2.90 bits per heavy atom. The summed E-state index contributed by atoms with van der Waals surface area (Å²) in [6.45, 7) is 3.05. The van der Waals surface area contributed by atoms with E-state index in [-0.39, 0.29) is 5.91 Å². The summed E-state index contributed by atoms with van der Waals surface area (Å²) in [5.74, 6) is 0.227. The van der Waals surface area contributed by atoms with Crippen LogP contribution in [0.25, 0.3) is 0 Å². The predicted molar refractivity (Wildman–Crippen MR) is 44.2 cm³/mol. The van der Waals surface area contributed by atoms with Crippen LogP contribution >= 0.6 is 15.9 Å². The second kappa shape index (κ2) is 3.37. The van der Waals surface area contributed by atoms with Gasteiger partial charge in [0, 0.05) is 12.6 Å². The molecule has 0 aromatic rings. The van der Waals surface area contributed by atoms with Gasteiger partial charge in [0.25, 0.3) is 0 Å². The Hall–Kier alpha value is -0.0500. The van der Waals surface area contributed by atoms with E-state index < -0.39 is 0 Å². The first-order valence-electron chi connectivity index (χ1n) is 3.61. The maximum Gasteiger partial charge on any atom is 0.233 e. The van der Waals surface area contributed by atoms with Crippen LogP contribution in [0.3, 0.4) is 0 Å². The minimum atomic E-state index is 0.227. The number of hydrogen-bond acceptors (Lipinski definition) is 1. The van der Waals surface area contributed by atoms with E-state index in [4.69, 9.17) is 0 Å². The van der Waals surface area contributed by atoms with Crippen molar-refractivity contribution in [3.63, 3.8) is 0 Å². The molecule has 1 heterocycles. The van der Waals surface area contributed by atoms with E-state index in [0.717, 1.165) is 6.54 Å². The second-order valence-electron chi connectivity index (χ2n) is 2.71. The number of nitrogens with zero attached hydrogens (tertiary/aromatic N) is 1. The fourth-order valence-corrected chi connectivity index (χ4v) is 1.70. The van der Waals surface area contributed by atoms with Gasteiger partial charge in [-0.2, -0.15) is 0 Å². The normalized spacial score (nSPS) is 25.4. The minimum Gasteiger partial charge on any atom is -0.339 e. The van der Waals surface area contributed by atoms with Crippen molar-refractivity contribution >= 4 is 21.8 Å². The Balaban J connectivity index is 2.46. The number of hydrogen-bond donors (Lipinski definition) is 0. The Morgan fingerprint density at radius 1 is 1.80 bits per heavy atom. The molecule has 0 aliphatic carbocycles. The number of rotatable bonds is 1. The third-order valence-electron chi connectivity index (χ3n) is 1.99. The van der Waals surface area contributed by atoms with Crippen LogP contribution in [0.15, 0.2) is 0 Å². The molecule has 1 fully saturated rings. The first-order valence-corrected chi connectivity index (χ1v) is 4.73. The molecule has 0 spiro atoms. The summed E-state index contributed by atoms with van der Waals surface area (Å²) in [5.41, 5.74) is 0. The summed E-state index contributed by atoms with van der Waals surface area (Å²) < 4.78 is 0. The lowest BCUT2D eigenvalue weighted by Crippen LogP contribution is -2.34. The molecule has 0 aromatic carbocycles. The molecule has 1 saturated heterocycles. The van der Waals surface area contributed by atoms with Gasteiger partial charge in [0.2, 0.25) is 5.91 Å². The minimum absolute atomic E-state index is 0.227. The highest BCUT2D eigenvalue weighted by Crippen LogP contribution is 2.16. The molecule has 1 atom stereocenters. The predicted octanol–water partition coefficient (Wildman–Crippen LogP) is 1.39. The first kappa shape index (κ1) is 8.05. The topological polar surface area (TPSA) is 20.3 Å². The van der Waals surface area contributed by atoms with E-state index in [0.29, 0.717) is 11.4 Å². The molecule has 1 aliphatic rings. The summed E-state index contributed by atoms with van der Waals surface area (Å²) in [6.07, 6.45) is 2.33. The summed E-state index contributed by atoms with van der Waals surface area (Å²) in [7, 11) is 0. The molecule has 0 aromatic heterocycles. The van der Waals surface area contributed by atoms with Crippen LogP contribution in [0.5, 0.6) is 0 Å². The van der Waals surface area contributed by atoms with Crippen LogP contribution in [-0.2, 0) is 4.79 Å². The van der Waals surface area contributed by atoms with Gasteiger partial charge in [-0.25, -0.2) is 0 Å². The Kier molecular flexibility index (Phi) is 2.72. The zero-order chi connectivity index (χ0) is 7.56.